The molecule has 3 aromatic rings. The van der Waals surface area contributed by atoms with E-state index in [0.29, 0.717) is 49.8 Å². The third-order valence-corrected chi connectivity index (χ3v) is 6.80. The molecule has 2 aliphatic heterocycles. The lowest BCUT2D eigenvalue weighted by Crippen LogP contribution is -2.31. The molecule has 7 heteroatoms. The summed E-state index contributed by atoms with van der Waals surface area (Å²) in [5, 5.41) is 11.4. The van der Waals surface area contributed by atoms with Crippen LogP contribution in [0.4, 0.5) is 0 Å². The van der Waals surface area contributed by atoms with Crippen LogP contribution in [-0.2, 0) is 16.0 Å². The molecule has 2 aliphatic rings. The molecule has 0 aliphatic carbocycles. The summed E-state index contributed by atoms with van der Waals surface area (Å²) < 4.78 is 17.0. The Labute approximate surface area is 222 Å². The molecule has 1 atom stereocenters. The number of hydrogen-bond acceptors (Lipinski definition) is 6. The zero-order valence-electron chi connectivity index (χ0n) is 21.4. The van der Waals surface area contributed by atoms with Gasteiger partial charge in [-0.05, 0) is 54.3 Å². The molecule has 2 heterocycles. The number of aliphatic hydroxyl groups is 1. The quantitative estimate of drug-likeness (QED) is 0.181. The molecular weight excluding hydrogens is 482 g/mol. The number of fused-ring (bicyclic) bond motifs is 1. The van der Waals surface area contributed by atoms with E-state index in [1.165, 1.54) is 0 Å². The summed E-state index contributed by atoms with van der Waals surface area (Å²) in [5.41, 5.74) is 2.22. The van der Waals surface area contributed by atoms with Crippen LogP contribution in [0.25, 0.3) is 5.76 Å². The van der Waals surface area contributed by atoms with Crippen molar-refractivity contribution in [3.63, 3.8) is 0 Å². The van der Waals surface area contributed by atoms with E-state index in [9.17, 15) is 14.7 Å². The Morgan fingerprint density at radius 3 is 2.45 bits per heavy atom. The van der Waals surface area contributed by atoms with Crippen LogP contribution in [0.5, 0.6) is 17.2 Å². The van der Waals surface area contributed by atoms with Crippen LogP contribution < -0.4 is 14.2 Å². The molecule has 0 bridgehead atoms. The summed E-state index contributed by atoms with van der Waals surface area (Å²) in [6.45, 7) is 3.89. The van der Waals surface area contributed by atoms with Crippen LogP contribution in [0, 0.1) is 0 Å². The molecular formula is C31H31NO6. The van der Waals surface area contributed by atoms with Gasteiger partial charge in [-0.15, -0.1) is 0 Å². The average molecular weight is 514 g/mol. The molecule has 0 radical (unpaired) electrons. The number of ketones is 1. The number of carbonyl (C=O) groups excluding carboxylic acids is 2. The first kappa shape index (κ1) is 25.4. The minimum absolute atomic E-state index is 0.0550. The number of benzene rings is 3. The van der Waals surface area contributed by atoms with E-state index in [0.717, 1.165) is 29.7 Å². The highest BCUT2D eigenvalue weighted by molar-refractivity contribution is 6.46. The molecule has 5 rings (SSSR count). The number of carbonyl (C=O) groups is 2. The van der Waals surface area contributed by atoms with Crippen LogP contribution >= 0.6 is 0 Å². The molecule has 1 saturated heterocycles. The smallest absolute Gasteiger partial charge is 0.295 e. The van der Waals surface area contributed by atoms with Crippen molar-refractivity contribution in [2.75, 3.05) is 26.4 Å². The Morgan fingerprint density at radius 2 is 1.71 bits per heavy atom. The number of unbranched alkanes of at least 4 members (excludes halogenated alkanes) is 1. The van der Waals surface area contributed by atoms with Crippen LogP contribution in [0.3, 0.4) is 0 Å². The number of ether oxygens (including phenoxy) is 3. The van der Waals surface area contributed by atoms with Gasteiger partial charge in [0, 0.05) is 12.1 Å². The second-order valence-electron chi connectivity index (χ2n) is 9.36. The van der Waals surface area contributed by atoms with Crippen LogP contribution in [0.2, 0.25) is 0 Å². The predicted octanol–water partition coefficient (Wildman–Crippen LogP) is 5.30. The molecule has 0 spiro atoms. The highest BCUT2D eigenvalue weighted by Crippen LogP contribution is 2.41. The first-order valence-electron chi connectivity index (χ1n) is 13.0. The van der Waals surface area contributed by atoms with E-state index >= 15 is 0 Å². The Balaban J connectivity index is 1.52. The van der Waals surface area contributed by atoms with E-state index in [-0.39, 0.29) is 11.3 Å². The van der Waals surface area contributed by atoms with Crippen LogP contribution in [0.15, 0.2) is 78.4 Å². The predicted molar refractivity (Wildman–Crippen MR) is 143 cm³/mol. The van der Waals surface area contributed by atoms with E-state index < -0.39 is 17.7 Å². The maximum absolute atomic E-state index is 13.4. The first-order chi connectivity index (χ1) is 18.6. The summed E-state index contributed by atoms with van der Waals surface area (Å²) in [6, 6.07) is 21.5. The van der Waals surface area contributed by atoms with Crippen molar-refractivity contribution in [1.29, 1.82) is 0 Å². The Morgan fingerprint density at radius 1 is 0.974 bits per heavy atom. The van der Waals surface area contributed by atoms with E-state index in [2.05, 4.69) is 6.92 Å². The van der Waals surface area contributed by atoms with Gasteiger partial charge in [0.2, 0.25) is 0 Å². The van der Waals surface area contributed by atoms with Gasteiger partial charge < -0.3 is 24.2 Å². The molecule has 7 nitrogen and oxygen atoms in total. The van der Waals surface area contributed by atoms with Crippen molar-refractivity contribution in [3.05, 3.63) is 95.1 Å². The monoisotopic (exact) mass is 513 g/mol. The molecule has 0 unspecified atom stereocenters. The maximum atomic E-state index is 13.4. The largest absolute Gasteiger partial charge is 0.507 e. The summed E-state index contributed by atoms with van der Waals surface area (Å²) in [4.78, 5) is 28.2. The van der Waals surface area contributed by atoms with Gasteiger partial charge in [0.1, 0.15) is 24.7 Å². The Hall–Kier alpha value is -4.26. The number of aliphatic hydroxyl groups excluding tert-OH is 1. The lowest BCUT2D eigenvalue weighted by molar-refractivity contribution is -0.139. The zero-order chi connectivity index (χ0) is 26.5. The van der Waals surface area contributed by atoms with Crippen molar-refractivity contribution in [3.8, 4) is 17.2 Å². The summed E-state index contributed by atoms with van der Waals surface area (Å²) >= 11 is 0. The number of rotatable bonds is 9. The molecule has 1 N–H and O–H groups in total. The van der Waals surface area contributed by atoms with Crippen LogP contribution in [-0.4, -0.2) is 48.1 Å². The number of Topliss-reactive ketones (excluding diaryl/α,β-unsaturated/α-hetero) is 1. The zero-order valence-corrected chi connectivity index (χ0v) is 21.4. The highest BCUT2D eigenvalue weighted by Gasteiger charge is 2.46. The number of amides is 1. The fraction of sp³-hybridized carbons (Fsp3) is 0.290. The van der Waals surface area contributed by atoms with Crippen molar-refractivity contribution >= 4 is 17.4 Å². The topological polar surface area (TPSA) is 85.3 Å². The fourth-order valence-electron chi connectivity index (χ4n) is 4.78. The maximum Gasteiger partial charge on any atom is 0.295 e. The third kappa shape index (κ3) is 5.23. The molecule has 1 amide bonds. The summed E-state index contributed by atoms with van der Waals surface area (Å²) in [6.07, 6.45) is 2.57. The van der Waals surface area contributed by atoms with E-state index in [4.69, 9.17) is 14.2 Å². The second kappa shape index (κ2) is 11.4. The lowest BCUT2D eigenvalue weighted by atomic mass is 9.95. The van der Waals surface area contributed by atoms with Crippen LogP contribution in [0.1, 0.15) is 42.5 Å². The van der Waals surface area contributed by atoms with Gasteiger partial charge in [-0.25, -0.2) is 0 Å². The minimum Gasteiger partial charge on any atom is -0.507 e. The van der Waals surface area contributed by atoms with Gasteiger partial charge in [0.15, 0.2) is 11.5 Å². The van der Waals surface area contributed by atoms with Gasteiger partial charge >= 0.3 is 0 Å². The Bertz CT molecular complexity index is 1330. The van der Waals surface area contributed by atoms with E-state index in [1.807, 2.05) is 54.6 Å². The number of likely N-dealkylation sites (tertiary alicyclic amines) is 1. The second-order valence-corrected chi connectivity index (χ2v) is 9.36. The lowest BCUT2D eigenvalue weighted by Gasteiger charge is -2.26. The van der Waals surface area contributed by atoms with Gasteiger partial charge in [-0.2, -0.15) is 0 Å². The molecule has 0 aromatic heterocycles. The SMILES string of the molecule is CCCCOc1ccc([C@H]2C(=C(O)c3ccc4c(c3)OCCO4)C(=O)C(=O)N2CCc2ccccc2)cc1. The van der Waals surface area contributed by atoms with Crippen molar-refractivity contribution < 1.29 is 28.9 Å². The van der Waals surface area contributed by atoms with Gasteiger partial charge in [-0.3, -0.25) is 9.59 Å². The van der Waals surface area contributed by atoms with Gasteiger partial charge in [-0.1, -0.05) is 55.8 Å². The minimum atomic E-state index is -0.739. The first-order valence-corrected chi connectivity index (χ1v) is 13.0. The average Bonchev–Trinajstić information content (AvgIpc) is 3.21. The molecule has 196 valence electrons. The number of nitrogens with zero attached hydrogens (tertiary/aromatic N) is 1. The van der Waals surface area contributed by atoms with Crippen molar-refractivity contribution in [2.24, 2.45) is 0 Å². The summed E-state index contributed by atoms with van der Waals surface area (Å²) in [7, 11) is 0. The van der Waals surface area contributed by atoms with Gasteiger partial charge in [0.05, 0.1) is 18.2 Å². The molecule has 0 saturated carbocycles. The van der Waals surface area contributed by atoms with Gasteiger partial charge in [0.25, 0.3) is 11.7 Å². The fourth-order valence-corrected chi connectivity index (χ4v) is 4.78. The highest BCUT2D eigenvalue weighted by atomic mass is 16.6. The number of hydrogen-bond donors (Lipinski definition) is 1. The van der Waals surface area contributed by atoms with Crippen molar-refractivity contribution in [2.45, 2.75) is 32.2 Å². The third-order valence-electron chi connectivity index (χ3n) is 6.80. The summed E-state index contributed by atoms with van der Waals surface area (Å²) in [5.74, 6) is 0.202. The Kier molecular flexibility index (Phi) is 7.63. The normalized spacial score (nSPS) is 18.0. The van der Waals surface area contributed by atoms with Crippen molar-refractivity contribution in [1.82, 2.24) is 4.90 Å². The molecule has 38 heavy (non-hydrogen) atoms. The van der Waals surface area contributed by atoms with E-state index in [1.54, 1.807) is 23.1 Å². The standard InChI is InChI=1S/C31H31NO6/c1-2-3-17-36-24-12-9-22(10-13-24)28-27(29(33)23-11-14-25-26(20-23)38-19-18-37-25)30(34)31(35)32(28)16-15-21-7-5-4-6-8-21/h4-14,20,28,33H,2-3,15-19H2,1H3/t28-/m0/s1. The molecule has 3 aromatic carbocycles. The molecule has 1 fully saturated rings.